The smallest absolute Gasteiger partial charge is 0.343 e. The van der Waals surface area contributed by atoms with E-state index in [1.165, 1.54) is 50.8 Å². The van der Waals surface area contributed by atoms with Gasteiger partial charge in [-0.15, -0.1) is 0 Å². The van der Waals surface area contributed by atoms with Crippen molar-refractivity contribution in [1.82, 2.24) is 5.43 Å². The van der Waals surface area contributed by atoms with Crippen LogP contribution in [-0.4, -0.2) is 37.4 Å². The Balaban J connectivity index is 1.76. The maximum Gasteiger partial charge on any atom is 0.343 e. The molecule has 0 aromatic heterocycles. The van der Waals surface area contributed by atoms with Crippen LogP contribution >= 0.6 is 15.9 Å². The van der Waals surface area contributed by atoms with Crippen molar-refractivity contribution in [2.24, 2.45) is 5.10 Å². The number of methoxy groups -OCH3 is 2. The van der Waals surface area contributed by atoms with Crippen LogP contribution in [0.1, 0.15) is 26.3 Å². The molecule has 0 heterocycles. The molecule has 0 bridgehead atoms. The molecule has 0 aliphatic carbocycles. The number of halogens is 1. The van der Waals surface area contributed by atoms with Crippen LogP contribution in [0.25, 0.3) is 0 Å². The molecule has 3 aromatic rings. The van der Waals surface area contributed by atoms with E-state index in [4.69, 9.17) is 14.2 Å². The third kappa shape index (κ3) is 5.64. The summed E-state index contributed by atoms with van der Waals surface area (Å²) < 4.78 is 16.7. The van der Waals surface area contributed by atoms with Gasteiger partial charge in [0.25, 0.3) is 5.91 Å². The number of phenols is 1. The van der Waals surface area contributed by atoms with Crippen LogP contribution in [0.3, 0.4) is 0 Å². The number of carbonyl (C=O) groups excluding carboxylic acids is 2. The molecule has 0 aliphatic rings. The molecule has 0 saturated heterocycles. The molecule has 0 unspecified atom stereocenters. The van der Waals surface area contributed by atoms with Crippen molar-refractivity contribution in [3.05, 3.63) is 81.8 Å². The van der Waals surface area contributed by atoms with E-state index in [1.54, 1.807) is 30.3 Å². The predicted octanol–water partition coefficient (Wildman–Crippen LogP) is 4.16. The van der Waals surface area contributed by atoms with Gasteiger partial charge in [0, 0.05) is 15.6 Å². The third-order valence-corrected chi connectivity index (χ3v) is 4.79. The molecule has 2 N–H and O–H groups in total. The Bertz CT molecular complexity index is 1160. The fourth-order valence-corrected chi connectivity index (χ4v) is 3.05. The first-order valence-electron chi connectivity index (χ1n) is 9.27. The van der Waals surface area contributed by atoms with Gasteiger partial charge in [-0.3, -0.25) is 4.79 Å². The van der Waals surface area contributed by atoms with Crippen molar-refractivity contribution >= 4 is 34.0 Å². The average Bonchev–Trinajstić information content (AvgIpc) is 2.80. The second kappa shape index (κ2) is 10.5. The number of esters is 1. The van der Waals surface area contributed by atoms with Crippen LogP contribution in [0, 0.1) is 0 Å². The molecule has 1 amide bonds. The summed E-state index contributed by atoms with van der Waals surface area (Å²) in [5.74, 6) is 0.133. The van der Waals surface area contributed by atoms with E-state index in [1.807, 2.05) is 0 Å². The fourth-order valence-electron chi connectivity index (χ4n) is 2.67. The SMILES string of the molecule is COc1ccc(C(=O)Oc2ccc(Br)cc2C=NNC(=O)c2ccc(O)cc2)cc1OC. The maximum atomic E-state index is 12.6. The van der Waals surface area contributed by atoms with Gasteiger partial charge in [0.2, 0.25) is 0 Å². The monoisotopic (exact) mass is 498 g/mol. The van der Waals surface area contributed by atoms with E-state index in [2.05, 4.69) is 26.5 Å². The summed E-state index contributed by atoms with van der Waals surface area (Å²) in [6.45, 7) is 0. The topological polar surface area (TPSA) is 106 Å². The zero-order valence-corrected chi connectivity index (χ0v) is 18.8. The van der Waals surface area contributed by atoms with Crippen LogP contribution in [0.5, 0.6) is 23.0 Å². The first-order chi connectivity index (χ1) is 15.4. The highest BCUT2D eigenvalue weighted by Crippen LogP contribution is 2.29. The molecule has 0 fully saturated rings. The Labute approximate surface area is 192 Å². The molecule has 8 nitrogen and oxygen atoms in total. The fraction of sp³-hybridized carbons (Fsp3) is 0.0870. The van der Waals surface area contributed by atoms with E-state index >= 15 is 0 Å². The van der Waals surface area contributed by atoms with Crippen molar-refractivity contribution < 1.29 is 28.9 Å². The van der Waals surface area contributed by atoms with Gasteiger partial charge in [0.05, 0.1) is 26.0 Å². The van der Waals surface area contributed by atoms with Crippen LogP contribution in [-0.2, 0) is 0 Å². The van der Waals surface area contributed by atoms with Gasteiger partial charge in [-0.05, 0) is 60.7 Å². The summed E-state index contributed by atoms with van der Waals surface area (Å²) in [6, 6.07) is 15.4. The second-order valence-electron chi connectivity index (χ2n) is 6.39. The summed E-state index contributed by atoms with van der Waals surface area (Å²) in [5, 5.41) is 13.2. The van der Waals surface area contributed by atoms with Crippen LogP contribution in [0.2, 0.25) is 0 Å². The Morgan fingerprint density at radius 2 is 1.56 bits per heavy atom. The number of carbonyl (C=O) groups is 2. The molecule has 164 valence electrons. The molecule has 0 aliphatic heterocycles. The van der Waals surface area contributed by atoms with Gasteiger partial charge in [0.1, 0.15) is 11.5 Å². The van der Waals surface area contributed by atoms with E-state index in [0.29, 0.717) is 22.6 Å². The van der Waals surface area contributed by atoms with Gasteiger partial charge in [-0.2, -0.15) is 5.10 Å². The zero-order chi connectivity index (χ0) is 23.1. The number of nitrogens with zero attached hydrogens (tertiary/aromatic N) is 1. The zero-order valence-electron chi connectivity index (χ0n) is 17.2. The Morgan fingerprint density at radius 1 is 0.906 bits per heavy atom. The highest BCUT2D eigenvalue weighted by atomic mass is 79.9. The Kier molecular flexibility index (Phi) is 7.45. The number of aromatic hydroxyl groups is 1. The molecule has 3 rings (SSSR count). The summed E-state index contributed by atoms with van der Waals surface area (Å²) in [5.41, 5.74) is 3.45. The maximum absolute atomic E-state index is 12.6. The van der Waals surface area contributed by atoms with E-state index < -0.39 is 11.9 Å². The minimum Gasteiger partial charge on any atom is -0.508 e. The third-order valence-electron chi connectivity index (χ3n) is 4.29. The van der Waals surface area contributed by atoms with Gasteiger partial charge >= 0.3 is 5.97 Å². The summed E-state index contributed by atoms with van der Waals surface area (Å²) in [7, 11) is 2.98. The van der Waals surface area contributed by atoms with Gasteiger partial charge in [0.15, 0.2) is 11.5 Å². The molecule has 0 spiro atoms. The van der Waals surface area contributed by atoms with Gasteiger partial charge < -0.3 is 19.3 Å². The lowest BCUT2D eigenvalue weighted by Crippen LogP contribution is -2.17. The van der Waals surface area contributed by atoms with Gasteiger partial charge in [-0.25, -0.2) is 10.2 Å². The predicted molar refractivity (Wildman–Crippen MR) is 122 cm³/mol. The van der Waals surface area contributed by atoms with Crippen LogP contribution < -0.4 is 19.6 Å². The molecule has 3 aromatic carbocycles. The van der Waals surface area contributed by atoms with Crippen molar-refractivity contribution in [2.75, 3.05) is 14.2 Å². The number of nitrogens with one attached hydrogen (secondary N) is 1. The molecule has 0 saturated carbocycles. The Hall–Kier alpha value is -3.85. The van der Waals surface area contributed by atoms with Crippen molar-refractivity contribution in [3.8, 4) is 23.0 Å². The van der Waals surface area contributed by atoms with Crippen LogP contribution in [0.15, 0.2) is 70.2 Å². The number of benzene rings is 3. The highest BCUT2D eigenvalue weighted by Gasteiger charge is 2.15. The standard InChI is InChI=1S/C23H19BrN2O6/c1-30-20-9-5-15(12-21(20)31-2)23(29)32-19-10-6-17(24)11-16(19)13-25-26-22(28)14-3-7-18(27)8-4-14/h3-13,27H,1-2H3,(H,26,28). The molecular weight excluding hydrogens is 480 g/mol. The van der Waals surface area contributed by atoms with E-state index in [0.717, 1.165) is 4.47 Å². The number of rotatable bonds is 7. The quantitative estimate of drug-likeness (QED) is 0.219. The van der Waals surface area contributed by atoms with Gasteiger partial charge in [-0.1, -0.05) is 15.9 Å². The van der Waals surface area contributed by atoms with Crippen LogP contribution in [0.4, 0.5) is 0 Å². The van der Waals surface area contributed by atoms with Crippen molar-refractivity contribution in [1.29, 1.82) is 0 Å². The Morgan fingerprint density at radius 3 is 2.25 bits per heavy atom. The lowest BCUT2D eigenvalue weighted by molar-refractivity contribution is 0.0733. The first kappa shape index (κ1) is 22.8. The molecule has 0 atom stereocenters. The largest absolute Gasteiger partial charge is 0.508 e. The average molecular weight is 499 g/mol. The van der Waals surface area contributed by atoms with E-state index in [9.17, 15) is 14.7 Å². The van der Waals surface area contributed by atoms with Crippen molar-refractivity contribution in [2.45, 2.75) is 0 Å². The molecule has 0 radical (unpaired) electrons. The molecule has 9 heteroatoms. The summed E-state index contributed by atoms with van der Waals surface area (Å²) >= 11 is 3.36. The minimum atomic E-state index is -0.601. The number of hydrazone groups is 1. The number of hydrogen-bond donors (Lipinski definition) is 2. The molecule has 32 heavy (non-hydrogen) atoms. The highest BCUT2D eigenvalue weighted by molar-refractivity contribution is 9.10. The number of hydrogen-bond acceptors (Lipinski definition) is 7. The summed E-state index contributed by atoms with van der Waals surface area (Å²) in [4.78, 5) is 24.8. The minimum absolute atomic E-state index is 0.0557. The number of ether oxygens (including phenoxy) is 3. The first-order valence-corrected chi connectivity index (χ1v) is 10.1. The lowest BCUT2D eigenvalue weighted by Gasteiger charge is -2.11. The summed E-state index contributed by atoms with van der Waals surface area (Å²) in [6.07, 6.45) is 1.36. The second-order valence-corrected chi connectivity index (χ2v) is 7.30. The van der Waals surface area contributed by atoms with E-state index in [-0.39, 0.29) is 17.1 Å². The van der Waals surface area contributed by atoms with Crippen molar-refractivity contribution in [3.63, 3.8) is 0 Å². The number of amides is 1. The normalized spacial score (nSPS) is 10.6. The molecular formula is C23H19BrN2O6. The lowest BCUT2D eigenvalue weighted by atomic mass is 10.2. The number of phenolic OH excluding ortho intramolecular Hbond substituents is 1.